The van der Waals surface area contributed by atoms with Gasteiger partial charge in [-0.1, -0.05) is 35.9 Å². The number of nitrogens with two attached hydrogens (primary N) is 1. The number of hydrogen-bond acceptors (Lipinski definition) is 2. The summed E-state index contributed by atoms with van der Waals surface area (Å²) in [4.78, 5) is 23.0. The van der Waals surface area contributed by atoms with Crippen LogP contribution in [-0.4, -0.2) is 11.9 Å². The van der Waals surface area contributed by atoms with Crippen LogP contribution in [0.2, 0.25) is 5.02 Å². The monoisotopic (exact) mass is 315 g/mol. The molecule has 0 atom stereocenters. The zero-order chi connectivity index (χ0) is 15.9. The second-order valence-corrected chi connectivity index (χ2v) is 4.83. The number of urea groups is 1. The van der Waals surface area contributed by atoms with Gasteiger partial charge in [0.25, 0.3) is 5.91 Å². The molecular formula is C16H14ClN3O2. The zero-order valence-corrected chi connectivity index (χ0v) is 12.3. The highest BCUT2D eigenvalue weighted by molar-refractivity contribution is 6.30. The van der Waals surface area contributed by atoms with Crippen LogP contribution in [0.25, 0.3) is 6.08 Å². The largest absolute Gasteiger partial charge is 0.366 e. The Morgan fingerprint density at radius 2 is 1.73 bits per heavy atom. The first-order valence-corrected chi connectivity index (χ1v) is 6.82. The highest BCUT2D eigenvalue weighted by atomic mass is 35.5. The Bertz CT molecular complexity index is 712. The second kappa shape index (κ2) is 7.28. The van der Waals surface area contributed by atoms with Crippen LogP contribution in [0.5, 0.6) is 0 Å². The lowest BCUT2D eigenvalue weighted by Gasteiger charge is -2.08. The number of carbonyl (C=O) groups is 2. The van der Waals surface area contributed by atoms with E-state index < -0.39 is 11.9 Å². The molecule has 2 rings (SSSR count). The van der Waals surface area contributed by atoms with Crippen molar-refractivity contribution < 1.29 is 9.59 Å². The number of rotatable bonds is 4. The third-order valence-corrected chi connectivity index (χ3v) is 3.05. The van der Waals surface area contributed by atoms with E-state index in [1.54, 1.807) is 42.5 Å². The molecule has 0 unspecified atom stereocenters. The van der Waals surface area contributed by atoms with Crippen molar-refractivity contribution in [3.63, 3.8) is 0 Å². The molecule has 0 aliphatic heterocycles. The van der Waals surface area contributed by atoms with E-state index in [2.05, 4.69) is 10.6 Å². The van der Waals surface area contributed by atoms with Crippen molar-refractivity contribution in [2.45, 2.75) is 0 Å². The quantitative estimate of drug-likeness (QED) is 0.809. The molecular weight excluding hydrogens is 302 g/mol. The molecule has 0 heterocycles. The van der Waals surface area contributed by atoms with E-state index in [0.717, 1.165) is 5.56 Å². The Morgan fingerprint density at radius 3 is 2.41 bits per heavy atom. The SMILES string of the molecule is NC(=O)c1ccccc1NC(=O)N/C=C/c1ccc(Cl)cc1. The van der Waals surface area contributed by atoms with Gasteiger partial charge >= 0.3 is 6.03 Å². The van der Waals surface area contributed by atoms with E-state index in [0.29, 0.717) is 10.7 Å². The first-order chi connectivity index (χ1) is 10.6. The summed E-state index contributed by atoms with van der Waals surface area (Å²) in [6.07, 6.45) is 3.21. The number of primary amides is 1. The minimum absolute atomic E-state index is 0.249. The summed E-state index contributed by atoms with van der Waals surface area (Å²) in [5.41, 5.74) is 6.74. The van der Waals surface area contributed by atoms with Crippen molar-refractivity contribution in [3.05, 3.63) is 70.9 Å². The van der Waals surface area contributed by atoms with Crippen LogP contribution in [0, 0.1) is 0 Å². The summed E-state index contributed by atoms with van der Waals surface area (Å²) in [7, 11) is 0. The fourth-order valence-corrected chi connectivity index (χ4v) is 1.88. The molecule has 2 aromatic rings. The maximum Gasteiger partial charge on any atom is 0.323 e. The van der Waals surface area contributed by atoms with Crippen molar-refractivity contribution in [2.75, 3.05) is 5.32 Å². The Hall–Kier alpha value is -2.79. The lowest BCUT2D eigenvalue weighted by molar-refractivity contribution is 0.100. The highest BCUT2D eigenvalue weighted by Gasteiger charge is 2.08. The Morgan fingerprint density at radius 1 is 1.05 bits per heavy atom. The molecule has 6 heteroatoms. The Kier molecular flexibility index (Phi) is 5.16. The average molecular weight is 316 g/mol. The van der Waals surface area contributed by atoms with E-state index >= 15 is 0 Å². The lowest BCUT2D eigenvalue weighted by atomic mass is 10.1. The van der Waals surface area contributed by atoms with E-state index in [4.69, 9.17) is 17.3 Å². The predicted molar refractivity (Wildman–Crippen MR) is 87.6 cm³/mol. The fraction of sp³-hybridized carbons (Fsp3) is 0. The van der Waals surface area contributed by atoms with Gasteiger partial charge in [-0.15, -0.1) is 0 Å². The first-order valence-electron chi connectivity index (χ1n) is 6.45. The average Bonchev–Trinajstić information content (AvgIpc) is 2.49. The zero-order valence-electron chi connectivity index (χ0n) is 11.5. The van der Waals surface area contributed by atoms with Crippen LogP contribution in [-0.2, 0) is 0 Å². The molecule has 0 saturated heterocycles. The Labute approximate surface area is 132 Å². The van der Waals surface area contributed by atoms with Gasteiger partial charge in [0, 0.05) is 11.2 Å². The molecule has 0 aliphatic carbocycles. The molecule has 5 nitrogen and oxygen atoms in total. The smallest absolute Gasteiger partial charge is 0.323 e. The van der Waals surface area contributed by atoms with E-state index in [1.807, 2.05) is 12.1 Å². The maximum absolute atomic E-state index is 11.8. The van der Waals surface area contributed by atoms with E-state index in [9.17, 15) is 9.59 Å². The molecule has 0 aromatic heterocycles. The number of hydrogen-bond donors (Lipinski definition) is 3. The number of carbonyl (C=O) groups excluding carboxylic acids is 2. The predicted octanol–water partition coefficient (Wildman–Crippen LogP) is 3.23. The van der Waals surface area contributed by atoms with Crippen LogP contribution >= 0.6 is 11.6 Å². The summed E-state index contributed by atoms with van der Waals surface area (Å²) in [5.74, 6) is -0.604. The maximum atomic E-state index is 11.8. The summed E-state index contributed by atoms with van der Waals surface area (Å²) in [6, 6.07) is 13.2. The minimum atomic E-state index is -0.604. The molecule has 112 valence electrons. The third-order valence-electron chi connectivity index (χ3n) is 2.80. The van der Waals surface area contributed by atoms with Gasteiger partial charge in [0.2, 0.25) is 0 Å². The van der Waals surface area contributed by atoms with Gasteiger partial charge in [-0.3, -0.25) is 4.79 Å². The topological polar surface area (TPSA) is 84.2 Å². The van der Waals surface area contributed by atoms with Gasteiger partial charge in [0.15, 0.2) is 0 Å². The number of para-hydroxylation sites is 1. The lowest BCUT2D eigenvalue weighted by Crippen LogP contribution is -2.25. The van der Waals surface area contributed by atoms with Gasteiger partial charge < -0.3 is 16.4 Å². The van der Waals surface area contributed by atoms with Crippen molar-refractivity contribution in [1.29, 1.82) is 0 Å². The van der Waals surface area contributed by atoms with Crippen LogP contribution < -0.4 is 16.4 Å². The van der Waals surface area contributed by atoms with Crippen molar-refractivity contribution in [3.8, 4) is 0 Å². The highest BCUT2D eigenvalue weighted by Crippen LogP contribution is 2.14. The van der Waals surface area contributed by atoms with Crippen LogP contribution in [0.3, 0.4) is 0 Å². The molecule has 22 heavy (non-hydrogen) atoms. The van der Waals surface area contributed by atoms with Crippen molar-refractivity contribution in [2.24, 2.45) is 5.73 Å². The fourth-order valence-electron chi connectivity index (χ4n) is 1.75. The first kappa shape index (κ1) is 15.6. The standard InChI is InChI=1S/C16H14ClN3O2/c17-12-7-5-11(6-8-12)9-10-19-16(22)20-14-4-2-1-3-13(14)15(18)21/h1-10H,(H2,18,21)(H2,19,20,22)/b10-9+. The van der Waals surface area contributed by atoms with E-state index in [-0.39, 0.29) is 5.56 Å². The molecule has 0 saturated carbocycles. The molecule has 2 aromatic carbocycles. The second-order valence-electron chi connectivity index (χ2n) is 4.39. The molecule has 4 N–H and O–H groups in total. The van der Waals surface area contributed by atoms with Crippen LogP contribution in [0.15, 0.2) is 54.7 Å². The van der Waals surface area contributed by atoms with E-state index in [1.165, 1.54) is 6.20 Å². The summed E-state index contributed by atoms with van der Waals surface area (Å²) in [6.45, 7) is 0. The summed E-state index contributed by atoms with van der Waals surface area (Å²) < 4.78 is 0. The van der Waals surface area contributed by atoms with Crippen LogP contribution in [0.1, 0.15) is 15.9 Å². The van der Waals surface area contributed by atoms with Gasteiger partial charge in [-0.2, -0.15) is 0 Å². The minimum Gasteiger partial charge on any atom is -0.366 e. The summed E-state index contributed by atoms with van der Waals surface area (Å²) >= 11 is 5.79. The summed E-state index contributed by atoms with van der Waals surface area (Å²) in [5, 5.41) is 5.75. The Balaban J connectivity index is 1.96. The number of halogens is 1. The number of anilines is 1. The number of benzene rings is 2. The normalized spacial score (nSPS) is 10.4. The van der Waals surface area contributed by atoms with Gasteiger partial charge in [-0.05, 0) is 35.9 Å². The molecule has 0 aliphatic rings. The van der Waals surface area contributed by atoms with Gasteiger partial charge in [0.05, 0.1) is 11.3 Å². The van der Waals surface area contributed by atoms with Crippen molar-refractivity contribution in [1.82, 2.24) is 5.32 Å². The number of amides is 3. The molecule has 0 radical (unpaired) electrons. The molecule has 0 bridgehead atoms. The van der Waals surface area contributed by atoms with Gasteiger partial charge in [0.1, 0.15) is 0 Å². The third kappa shape index (κ3) is 4.36. The molecule has 3 amide bonds. The molecule has 0 spiro atoms. The van der Waals surface area contributed by atoms with Crippen LogP contribution in [0.4, 0.5) is 10.5 Å². The molecule has 0 fully saturated rings. The van der Waals surface area contributed by atoms with Gasteiger partial charge in [-0.25, -0.2) is 4.79 Å². The van der Waals surface area contributed by atoms with Crippen molar-refractivity contribution >= 4 is 35.3 Å². The number of nitrogens with one attached hydrogen (secondary N) is 2.